The maximum atomic E-state index is 13.7. The van der Waals surface area contributed by atoms with Gasteiger partial charge in [-0.25, -0.2) is 4.90 Å². The molecule has 2 amide bonds. The highest BCUT2D eigenvalue weighted by Gasteiger charge is 2.39. The second-order valence-corrected chi connectivity index (χ2v) is 7.79. The molecule has 7 nitrogen and oxygen atoms in total. The molecule has 0 saturated heterocycles. The average Bonchev–Trinajstić information content (AvgIpc) is 3.31. The number of nitrogens with zero attached hydrogens (tertiary/aromatic N) is 3. The van der Waals surface area contributed by atoms with Gasteiger partial charge in [-0.15, -0.1) is 0 Å². The number of fused-ring (bicyclic) bond motifs is 5. The van der Waals surface area contributed by atoms with Crippen LogP contribution >= 0.6 is 0 Å². The van der Waals surface area contributed by atoms with Crippen molar-refractivity contribution in [1.29, 1.82) is 0 Å². The fraction of sp³-hybridized carbons (Fsp3) is 0. The van der Waals surface area contributed by atoms with E-state index in [0.29, 0.717) is 22.3 Å². The Morgan fingerprint density at radius 3 is 2.09 bits per heavy atom. The molecule has 4 aromatic carbocycles. The lowest BCUT2D eigenvalue weighted by molar-refractivity contribution is -0.384. The number of amides is 2. The largest absolute Gasteiger partial charge is 0.308 e. The van der Waals surface area contributed by atoms with Crippen LogP contribution in [-0.2, 0) is 0 Å². The molecular formula is C26H15N3O4. The summed E-state index contributed by atoms with van der Waals surface area (Å²) in [6, 6.07) is 26.5. The van der Waals surface area contributed by atoms with Crippen molar-refractivity contribution in [3.8, 4) is 5.69 Å². The number of imide groups is 1. The van der Waals surface area contributed by atoms with Crippen LogP contribution in [0, 0.1) is 10.1 Å². The summed E-state index contributed by atoms with van der Waals surface area (Å²) in [5, 5.41) is 12.9. The van der Waals surface area contributed by atoms with E-state index in [9.17, 15) is 19.7 Å². The Balaban J connectivity index is 1.63. The average molecular weight is 433 g/mol. The number of nitro groups is 1. The quantitative estimate of drug-likeness (QED) is 0.214. The lowest BCUT2D eigenvalue weighted by Crippen LogP contribution is -2.29. The number of hydrogen-bond acceptors (Lipinski definition) is 4. The molecule has 7 heteroatoms. The minimum absolute atomic E-state index is 0.109. The van der Waals surface area contributed by atoms with Gasteiger partial charge in [-0.05, 0) is 36.4 Å². The van der Waals surface area contributed by atoms with Crippen molar-refractivity contribution in [2.24, 2.45) is 0 Å². The van der Waals surface area contributed by atoms with Crippen molar-refractivity contribution in [2.75, 3.05) is 4.90 Å². The first-order valence-corrected chi connectivity index (χ1v) is 10.3. The molecule has 0 aliphatic carbocycles. The molecule has 0 atom stereocenters. The summed E-state index contributed by atoms with van der Waals surface area (Å²) >= 11 is 0. The third-order valence-corrected chi connectivity index (χ3v) is 6.02. The highest BCUT2D eigenvalue weighted by Crippen LogP contribution is 2.39. The second-order valence-electron chi connectivity index (χ2n) is 7.79. The fourth-order valence-corrected chi connectivity index (χ4v) is 4.58. The maximum Gasteiger partial charge on any atom is 0.269 e. The molecule has 1 aliphatic heterocycles. The van der Waals surface area contributed by atoms with E-state index in [0.717, 1.165) is 26.9 Å². The van der Waals surface area contributed by atoms with Crippen LogP contribution in [0.15, 0.2) is 91.0 Å². The van der Waals surface area contributed by atoms with E-state index in [1.807, 2.05) is 65.2 Å². The summed E-state index contributed by atoms with van der Waals surface area (Å²) in [6.07, 6.45) is 0. The van der Waals surface area contributed by atoms with Crippen LogP contribution in [0.25, 0.3) is 27.5 Å². The van der Waals surface area contributed by atoms with Gasteiger partial charge < -0.3 is 4.57 Å². The summed E-state index contributed by atoms with van der Waals surface area (Å²) in [7, 11) is 0. The number of aromatic nitrogens is 1. The molecule has 0 unspecified atom stereocenters. The minimum atomic E-state index is -0.520. The minimum Gasteiger partial charge on any atom is -0.308 e. The Bertz CT molecular complexity index is 1620. The van der Waals surface area contributed by atoms with Crippen LogP contribution in [0.5, 0.6) is 0 Å². The number of non-ortho nitro benzene ring substituents is 1. The summed E-state index contributed by atoms with van der Waals surface area (Å²) < 4.78 is 2.01. The van der Waals surface area contributed by atoms with Crippen molar-refractivity contribution in [2.45, 2.75) is 0 Å². The summed E-state index contributed by atoms with van der Waals surface area (Å²) in [6.45, 7) is 0. The van der Waals surface area contributed by atoms with E-state index >= 15 is 0 Å². The summed E-state index contributed by atoms with van der Waals surface area (Å²) in [4.78, 5) is 38.5. The zero-order valence-electron chi connectivity index (χ0n) is 17.1. The number of anilines is 1. The van der Waals surface area contributed by atoms with E-state index < -0.39 is 16.7 Å². The molecule has 158 valence electrons. The summed E-state index contributed by atoms with van der Waals surface area (Å²) in [5.41, 5.74) is 3.31. The third-order valence-electron chi connectivity index (χ3n) is 6.02. The Morgan fingerprint density at radius 1 is 0.667 bits per heavy atom. The molecule has 5 aromatic rings. The van der Waals surface area contributed by atoms with Gasteiger partial charge in [0.05, 0.1) is 32.8 Å². The molecule has 0 N–H and O–H groups in total. The summed E-state index contributed by atoms with van der Waals surface area (Å²) in [5.74, 6) is -0.898. The third kappa shape index (κ3) is 2.62. The number of carbonyl (C=O) groups is 2. The molecule has 0 spiro atoms. The number of carbonyl (C=O) groups excluding carboxylic acids is 2. The topological polar surface area (TPSA) is 85.5 Å². The van der Waals surface area contributed by atoms with Crippen molar-refractivity contribution in [1.82, 2.24) is 4.57 Å². The lowest BCUT2D eigenvalue weighted by atomic mass is 10.0. The molecule has 6 rings (SSSR count). The molecule has 0 fully saturated rings. The van der Waals surface area contributed by atoms with E-state index in [-0.39, 0.29) is 5.69 Å². The predicted octanol–water partition coefficient (Wildman–Crippen LogP) is 5.49. The number of benzene rings is 4. The van der Waals surface area contributed by atoms with Crippen LogP contribution in [0.3, 0.4) is 0 Å². The Hall–Kier alpha value is -4.78. The Kier molecular flexibility index (Phi) is 3.94. The number of rotatable bonds is 3. The van der Waals surface area contributed by atoms with E-state index in [1.54, 1.807) is 6.07 Å². The van der Waals surface area contributed by atoms with Gasteiger partial charge in [0.15, 0.2) is 0 Å². The van der Waals surface area contributed by atoms with Crippen molar-refractivity contribution >= 4 is 45.0 Å². The van der Waals surface area contributed by atoms with Gasteiger partial charge in [0, 0.05) is 28.6 Å². The molecule has 1 aliphatic rings. The van der Waals surface area contributed by atoms with Crippen LogP contribution in [0.1, 0.15) is 20.7 Å². The molecule has 1 aromatic heterocycles. The zero-order valence-corrected chi connectivity index (χ0v) is 17.1. The maximum absolute atomic E-state index is 13.7. The van der Waals surface area contributed by atoms with Crippen molar-refractivity contribution in [3.63, 3.8) is 0 Å². The fourth-order valence-electron chi connectivity index (χ4n) is 4.58. The van der Waals surface area contributed by atoms with Crippen LogP contribution in [0.4, 0.5) is 11.4 Å². The number of hydrogen-bond donors (Lipinski definition) is 0. The molecule has 0 radical (unpaired) electrons. The van der Waals surface area contributed by atoms with Crippen LogP contribution in [0.2, 0.25) is 0 Å². The molecule has 0 bridgehead atoms. The predicted molar refractivity (Wildman–Crippen MR) is 125 cm³/mol. The van der Waals surface area contributed by atoms with Gasteiger partial charge >= 0.3 is 0 Å². The van der Waals surface area contributed by atoms with Crippen molar-refractivity contribution in [3.05, 3.63) is 112 Å². The first-order chi connectivity index (χ1) is 16.1. The highest BCUT2D eigenvalue weighted by molar-refractivity contribution is 6.38. The second kappa shape index (κ2) is 6.86. The van der Waals surface area contributed by atoms with Crippen LogP contribution < -0.4 is 4.90 Å². The van der Waals surface area contributed by atoms with Gasteiger partial charge in [-0.1, -0.05) is 42.5 Å². The molecule has 0 saturated carbocycles. The zero-order chi connectivity index (χ0) is 22.7. The Labute approximate surface area is 187 Å². The first kappa shape index (κ1) is 18.9. The molecule has 2 heterocycles. The number of nitro benzene ring substituents is 1. The standard InChI is InChI=1S/C26H15N3O4/c30-25-21-15-14-20-19-8-4-5-9-22(19)27(16-6-2-1-3-7-16)24(20)23(21)26(31)28(25)17-10-12-18(13-11-17)29(32)33/h1-15H. The number of para-hydroxylation sites is 2. The van der Waals surface area contributed by atoms with Gasteiger partial charge in [0.25, 0.3) is 17.5 Å². The SMILES string of the molecule is O=C1c2ccc3c4ccccc4n(-c4ccccc4)c3c2C(=O)N1c1ccc([N+](=O)[O-])cc1. The highest BCUT2D eigenvalue weighted by atomic mass is 16.6. The van der Waals surface area contributed by atoms with Gasteiger partial charge in [0.1, 0.15) is 0 Å². The van der Waals surface area contributed by atoms with Gasteiger partial charge in [-0.2, -0.15) is 0 Å². The van der Waals surface area contributed by atoms with Crippen molar-refractivity contribution < 1.29 is 14.5 Å². The van der Waals surface area contributed by atoms with Gasteiger partial charge in [-0.3, -0.25) is 19.7 Å². The van der Waals surface area contributed by atoms with Crippen LogP contribution in [-0.4, -0.2) is 21.3 Å². The van der Waals surface area contributed by atoms with Gasteiger partial charge in [0.2, 0.25) is 0 Å². The monoisotopic (exact) mass is 433 g/mol. The molecule has 33 heavy (non-hydrogen) atoms. The van der Waals surface area contributed by atoms with E-state index in [4.69, 9.17) is 0 Å². The molecular weight excluding hydrogens is 418 g/mol. The normalized spacial score (nSPS) is 13.2. The smallest absolute Gasteiger partial charge is 0.269 e. The van der Waals surface area contributed by atoms with E-state index in [2.05, 4.69) is 0 Å². The van der Waals surface area contributed by atoms with E-state index in [1.165, 1.54) is 24.3 Å². The lowest BCUT2D eigenvalue weighted by Gasteiger charge is -2.13. The Morgan fingerprint density at radius 2 is 1.36 bits per heavy atom. The first-order valence-electron chi connectivity index (χ1n) is 10.3.